The Labute approximate surface area is 119 Å². The average Bonchev–Trinajstić information content (AvgIpc) is 2.36. The zero-order chi connectivity index (χ0) is 14.6. The predicted molar refractivity (Wildman–Crippen MR) is 78.5 cm³/mol. The van der Waals surface area contributed by atoms with Gasteiger partial charge in [0.1, 0.15) is 5.25 Å². The second kappa shape index (κ2) is 6.53. The van der Waals surface area contributed by atoms with Gasteiger partial charge in [-0.05, 0) is 25.0 Å². The second-order valence-electron chi connectivity index (χ2n) is 4.86. The van der Waals surface area contributed by atoms with E-state index in [-0.39, 0.29) is 11.7 Å². The molecule has 2 atom stereocenters. The summed E-state index contributed by atoms with van der Waals surface area (Å²) in [6, 6.07) is 6.38. The van der Waals surface area contributed by atoms with Crippen LogP contribution in [0.1, 0.15) is 37.6 Å². The maximum atomic E-state index is 12.2. The van der Waals surface area contributed by atoms with Gasteiger partial charge in [-0.1, -0.05) is 44.0 Å². The monoisotopic (exact) mass is 302 g/mol. The zero-order valence-electron chi connectivity index (χ0n) is 11.4. The minimum absolute atomic E-state index is 0.0387. The van der Waals surface area contributed by atoms with Crippen molar-refractivity contribution in [3.8, 4) is 0 Å². The van der Waals surface area contributed by atoms with Crippen LogP contribution in [0.5, 0.6) is 0 Å². The molecule has 0 fully saturated rings. The highest BCUT2D eigenvalue weighted by Crippen LogP contribution is 2.17. The first-order valence-electron chi connectivity index (χ1n) is 6.29. The molecule has 5 heteroatoms. The number of benzene rings is 1. The first-order chi connectivity index (χ1) is 8.77. The SMILES string of the molecule is CCC(C)CS(=O)(=O)C(C)C(=O)c1cccc(Cl)c1. The summed E-state index contributed by atoms with van der Waals surface area (Å²) >= 11 is 5.81. The lowest BCUT2D eigenvalue weighted by Crippen LogP contribution is -2.31. The number of ketones is 1. The molecule has 1 aromatic carbocycles. The average molecular weight is 303 g/mol. The minimum Gasteiger partial charge on any atom is -0.293 e. The van der Waals surface area contributed by atoms with Crippen molar-refractivity contribution >= 4 is 27.2 Å². The Morgan fingerprint density at radius 2 is 1.95 bits per heavy atom. The summed E-state index contributed by atoms with van der Waals surface area (Å²) in [6.45, 7) is 5.25. The van der Waals surface area contributed by atoms with Gasteiger partial charge >= 0.3 is 0 Å². The van der Waals surface area contributed by atoms with E-state index in [2.05, 4.69) is 0 Å². The molecule has 0 N–H and O–H groups in total. The van der Waals surface area contributed by atoms with Gasteiger partial charge in [0.25, 0.3) is 0 Å². The van der Waals surface area contributed by atoms with Crippen LogP contribution in [0.25, 0.3) is 0 Å². The highest BCUT2D eigenvalue weighted by atomic mass is 35.5. The molecule has 1 aromatic rings. The number of halogens is 1. The number of sulfone groups is 1. The second-order valence-corrected chi connectivity index (χ2v) is 7.66. The Kier molecular flexibility index (Phi) is 5.56. The van der Waals surface area contributed by atoms with E-state index in [9.17, 15) is 13.2 Å². The molecule has 0 amide bonds. The van der Waals surface area contributed by atoms with Crippen molar-refractivity contribution in [1.82, 2.24) is 0 Å². The van der Waals surface area contributed by atoms with Gasteiger partial charge in [0.15, 0.2) is 15.6 Å². The van der Waals surface area contributed by atoms with Gasteiger partial charge in [0, 0.05) is 10.6 Å². The molecule has 0 aromatic heterocycles. The summed E-state index contributed by atoms with van der Waals surface area (Å²) in [5.41, 5.74) is 0.340. The maximum Gasteiger partial charge on any atom is 0.180 e. The molecule has 0 bridgehead atoms. The Hall–Kier alpha value is -0.870. The fourth-order valence-electron chi connectivity index (χ4n) is 1.70. The van der Waals surface area contributed by atoms with Crippen molar-refractivity contribution in [2.75, 3.05) is 5.75 Å². The molecule has 2 unspecified atom stereocenters. The normalized spacial score (nSPS) is 14.9. The minimum atomic E-state index is -3.42. The lowest BCUT2D eigenvalue weighted by molar-refractivity contribution is 0.0991. The maximum absolute atomic E-state index is 12.2. The Bertz CT molecular complexity index is 552. The van der Waals surface area contributed by atoms with E-state index < -0.39 is 20.9 Å². The van der Waals surface area contributed by atoms with Crippen molar-refractivity contribution in [3.63, 3.8) is 0 Å². The molecule has 19 heavy (non-hydrogen) atoms. The fraction of sp³-hybridized carbons (Fsp3) is 0.500. The van der Waals surface area contributed by atoms with Crippen LogP contribution in [0.2, 0.25) is 5.02 Å². The summed E-state index contributed by atoms with van der Waals surface area (Å²) in [5, 5.41) is -0.600. The molecule has 0 radical (unpaired) electrons. The van der Waals surface area contributed by atoms with E-state index in [0.29, 0.717) is 10.6 Å². The van der Waals surface area contributed by atoms with Gasteiger partial charge in [-0.2, -0.15) is 0 Å². The third-order valence-electron chi connectivity index (χ3n) is 3.23. The third kappa shape index (κ3) is 4.32. The van der Waals surface area contributed by atoms with Gasteiger partial charge in [-0.25, -0.2) is 8.42 Å². The first-order valence-corrected chi connectivity index (χ1v) is 8.38. The largest absolute Gasteiger partial charge is 0.293 e. The van der Waals surface area contributed by atoms with Gasteiger partial charge in [0.05, 0.1) is 5.75 Å². The lowest BCUT2D eigenvalue weighted by atomic mass is 10.1. The van der Waals surface area contributed by atoms with Crippen LogP contribution in [0.3, 0.4) is 0 Å². The zero-order valence-corrected chi connectivity index (χ0v) is 13.0. The molecule has 0 aliphatic rings. The smallest absolute Gasteiger partial charge is 0.180 e. The number of carbonyl (C=O) groups is 1. The topological polar surface area (TPSA) is 51.2 Å². The van der Waals surface area contributed by atoms with E-state index in [4.69, 9.17) is 11.6 Å². The van der Waals surface area contributed by atoms with Crippen molar-refractivity contribution in [3.05, 3.63) is 34.9 Å². The number of hydrogen-bond acceptors (Lipinski definition) is 3. The number of carbonyl (C=O) groups excluding carboxylic acids is 1. The Morgan fingerprint density at radius 1 is 1.32 bits per heavy atom. The van der Waals surface area contributed by atoms with E-state index >= 15 is 0 Å². The standard InChI is InChI=1S/C14H19ClO3S/c1-4-10(2)9-19(17,18)11(3)14(16)12-6-5-7-13(15)8-12/h5-8,10-11H,4,9H2,1-3H3. The van der Waals surface area contributed by atoms with Gasteiger partial charge in [-0.15, -0.1) is 0 Å². The van der Waals surface area contributed by atoms with Crippen LogP contribution < -0.4 is 0 Å². The van der Waals surface area contributed by atoms with E-state index in [1.807, 2.05) is 13.8 Å². The van der Waals surface area contributed by atoms with Crippen LogP contribution in [-0.4, -0.2) is 25.2 Å². The summed E-state index contributed by atoms with van der Waals surface area (Å²) in [7, 11) is -3.42. The third-order valence-corrected chi connectivity index (χ3v) is 5.79. The quantitative estimate of drug-likeness (QED) is 0.757. The van der Waals surface area contributed by atoms with Crippen LogP contribution in [-0.2, 0) is 9.84 Å². The number of hydrogen-bond donors (Lipinski definition) is 0. The van der Waals surface area contributed by atoms with E-state index in [1.165, 1.54) is 13.0 Å². The fourth-order valence-corrected chi connectivity index (χ4v) is 3.67. The summed E-state index contributed by atoms with van der Waals surface area (Å²) in [6.07, 6.45) is 0.775. The summed E-state index contributed by atoms with van der Waals surface area (Å²) in [4.78, 5) is 12.2. The molecule has 3 nitrogen and oxygen atoms in total. The van der Waals surface area contributed by atoms with E-state index in [1.54, 1.807) is 18.2 Å². The van der Waals surface area contributed by atoms with Crippen molar-refractivity contribution in [2.24, 2.45) is 5.92 Å². The Balaban J connectivity index is 2.94. The highest BCUT2D eigenvalue weighted by molar-refractivity contribution is 7.92. The summed E-state index contributed by atoms with van der Waals surface area (Å²) < 4.78 is 24.3. The van der Waals surface area contributed by atoms with Gasteiger partial charge < -0.3 is 0 Å². The molecule has 0 heterocycles. The van der Waals surface area contributed by atoms with Gasteiger partial charge in [0.2, 0.25) is 0 Å². The predicted octanol–water partition coefficient (Wildman–Crippen LogP) is 3.37. The van der Waals surface area contributed by atoms with Crippen LogP contribution >= 0.6 is 11.6 Å². The molecular weight excluding hydrogens is 284 g/mol. The molecular formula is C14H19ClO3S. The first kappa shape index (κ1) is 16.2. The molecule has 0 spiro atoms. The van der Waals surface area contributed by atoms with Crippen LogP contribution in [0.15, 0.2) is 24.3 Å². The summed E-state index contributed by atoms with van der Waals surface area (Å²) in [5.74, 6) is -0.304. The number of rotatable bonds is 6. The van der Waals surface area contributed by atoms with Crippen molar-refractivity contribution in [1.29, 1.82) is 0 Å². The van der Waals surface area contributed by atoms with Crippen molar-refractivity contribution < 1.29 is 13.2 Å². The lowest BCUT2D eigenvalue weighted by Gasteiger charge is -2.15. The molecule has 0 saturated heterocycles. The molecule has 106 valence electrons. The molecule has 0 aliphatic carbocycles. The number of Topliss-reactive ketones (excluding diaryl/α,β-unsaturated/α-hetero) is 1. The Morgan fingerprint density at radius 3 is 2.47 bits per heavy atom. The molecule has 1 rings (SSSR count). The van der Waals surface area contributed by atoms with E-state index in [0.717, 1.165) is 6.42 Å². The van der Waals surface area contributed by atoms with Gasteiger partial charge in [-0.3, -0.25) is 4.79 Å². The van der Waals surface area contributed by atoms with Crippen LogP contribution in [0, 0.1) is 5.92 Å². The highest BCUT2D eigenvalue weighted by Gasteiger charge is 2.29. The molecule has 0 saturated carbocycles. The van der Waals surface area contributed by atoms with Crippen molar-refractivity contribution in [2.45, 2.75) is 32.4 Å². The van der Waals surface area contributed by atoms with Crippen LogP contribution in [0.4, 0.5) is 0 Å². The molecule has 0 aliphatic heterocycles.